The van der Waals surface area contributed by atoms with E-state index in [-0.39, 0.29) is 0 Å². The van der Waals surface area contributed by atoms with Gasteiger partial charge in [-0.1, -0.05) is 0 Å². The first-order valence-electron chi connectivity index (χ1n) is 5.16. The zero-order valence-corrected chi connectivity index (χ0v) is 10.7. The standard InChI is InChI=1S/C11H17N3O3/c1-7-6-8(17-5)13-10(12-7)14(4)11(2,3)9(15)16/h6H,1-5H3,(H,15,16). The molecule has 0 fully saturated rings. The third-order valence-electron chi connectivity index (χ3n) is 2.69. The molecule has 94 valence electrons. The lowest BCUT2D eigenvalue weighted by Gasteiger charge is -2.31. The van der Waals surface area contributed by atoms with Gasteiger partial charge in [0, 0.05) is 18.8 Å². The van der Waals surface area contributed by atoms with E-state index in [1.807, 2.05) is 0 Å². The van der Waals surface area contributed by atoms with Crippen LogP contribution >= 0.6 is 0 Å². The summed E-state index contributed by atoms with van der Waals surface area (Å²) in [5.74, 6) is -0.195. The third kappa shape index (κ3) is 2.64. The van der Waals surface area contributed by atoms with Gasteiger partial charge in [0.25, 0.3) is 0 Å². The summed E-state index contributed by atoms with van der Waals surface area (Å²) < 4.78 is 5.03. The van der Waals surface area contributed by atoms with Gasteiger partial charge in [0.15, 0.2) is 0 Å². The number of aromatic nitrogens is 2. The van der Waals surface area contributed by atoms with E-state index < -0.39 is 11.5 Å². The second-order valence-electron chi connectivity index (χ2n) is 4.27. The summed E-state index contributed by atoms with van der Waals surface area (Å²) in [6.45, 7) is 4.98. The van der Waals surface area contributed by atoms with Crippen LogP contribution in [-0.4, -0.2) is 40.7 Å². The fourth-order valence-electron chi connectivity index (χ4n) is 1.17. The Hall–Kier alpha value is -1.85. The van der Waals surface area contributed by atoms with Gasteiger partial charge in [-0.25, -0.2) is 9.78 Å². The molecule has 0 saturated carbocycles. The van der Waals surface area contributed by atoms with Gasteiger partial charge in [-0.3, -0.25) is 0 Å². The Bertz CT molecular complexity index is 432. The normalized spacial score (nSPS) is 11.1. The number of carbonyl (C=O) groups is 1. The maximum Gasteiger partial charge on any atom is 0.329 e. The number of ether oxygens (including phenoxy) is 1. The second-order valence-corrected chi connectivity index (χ2v) is 4.27. The van der Waals surface area contributed by atoms with Crippen molar-refractivity contribution in [2.45, 2.75) is 26.3 Å². The van der Waals surface area contributed by atoms with Crippen LogP contribution in [0.15, 0.2) is 6.07 Å². The van der Waals surface area contributed by atoms with E-state index >= 15 is 0 Å². The quantitative estimate of drug-likeness (QED) is 0.847. The zero-order valence-electron chi connectivity index (χ0n) is 10.7. The summed E-state index contributed by atoms with van der Waals surface area (Å²) in [6, 6.07) is 1.69. The summed E-state index contributed by atoms with van der Waals surface area (Å²) in [4.78, 5) is 21.0. The first kappa shape index (κ1) is 13.2. The molecule has 1 aromatic rings. The molecular formula is C11H17N3O3. The SMILES string of the molecule is COc1cc(C)nc(N(C)C(C)(C)C(=O)O)n1. The van der Waals surface area contributed by atoms with Gasteiger partial charge in [-0.2, -0.15) is 4.98 Å². The van der Waals surface area contributed by atoms with Gasteiger partial charge in [-0.05, 0) is 20.8 Å². The molecule has 0 unspecified atom stereocenters. The average molecular weight is 239 g/mol. The molecule has 1 rings (SSSR count). The van der Waals surface area contributed by atoms with Crippen molar-refractivity contribution in [3.8, 4) is 5.88 Å². The molecule has 0 aromatic carbocycles. The number of rotatable bonds is 4. The Morgan fingerprint density at radius 2 is 2.06 bits per heavy atom. The van der Waals surface area contributed by atoms with E-state index in [4.69, 9.17) is 9.84 Å². The number of carboxylic acid groups (broad SMARTS) is 1. The average Bonchev–Trinajstić information content (AvgIpc) is 2.26. The maximum atomic E-state index is 11.1. The maximum absolute atomic E-state index is 11.1. The molecule has 1 aromatic heterocycles. The topological polar surface area (TPSA) is 75.5 Å². The number of aliphatic carboxylic acids is 1. The molecule has 0 radical (unpaired) electrons. The summed E-state index contributed by atoms with van der Waals surface area (Å²) in [6.07, 6.45) is 0. The number of carboxylic acids is 1. The lowest BCUT2D eigenvalue weighted by Crippen LogP contribution is -2.48. The van der Waals surface area contributed by atoms with E-state index in [0.29, 0.717) is 11.8 Å². The molecule has 6 heteroatoms. The molecule has 0 amide bonds. The van der Waals surface area contributed by atoms with E-state index in [0.717, 1.165) is 5.69 Å². The predicted molar refractivity (Wildman–Crippen MR) is 63.4 cm³/mol. The number of methoxy groups -OCH3 is 1. The Kier molecular flexibility index (Phi) is 3.55. The third-order valence-corrected chi connectivity index (χ3v) is 2.69. The lowest BCUT2D eigenvalue weighted by atomic mass is 10.1. The molecular weight excluding hydrogens is 222 g/mol. The highest BCUT2D eigenvalue weighted by Crippen LogP contribution is 2.21. The van der Waals surface area contributed by atoms with Crippen molar-refractivity contribution in [3.63, 3.8) is 0 Å². The van der Waals surface area contributed by atoms with Crippen LogP contribution in [-0.2, 0) is 4.79 Å². The molecule has 17 heavy (non-hydrogen) atoms. The van der Waals surface area contributed by atoms with Crippen LogP contribution in [0.1, 0.15) is 19.5 Å². The second kappa shape index (κ2) is 4.57. The van der Waals surface area contributed by atoms with Crippen molar-refractivity contribution in [1.82, 2.24) is 9.97 Å². The molecule has 0 aliphatic carbocycles. The number of hydrogen-bond acceptors (Lipinski definition) is 5. The number of likely N-dealkylation sites (N-methyl/N-ethyl adjacent to an activating group) is 1. The molecule has 6 nitrogen and oxygen atoms in total. The van der Waals surface area contributed by atoms with E-state index in [1.165, 1.54) is 12.0 Å². The minimum Gasteiger partial charge on any atom is -0.481 e. The zero-order chi connectivity index (χ0) is 13.2. The van der Waals surface area contributed by atoms with Gasteiger partial charge in [0.05, 0.1) is 7.11 Å². The first-order chi connectivity index (χ1) is 7.78. The van der Waals surface area contributed by atoms with E-state index in [9.17, 15) is 4.79 Å². The highest BCUT2D eigenvalue weighted by atomic mass is 16.5. The first-order valence-corrected chi connectivity index (χ1v) is 5.16. The Morgan fingerprint density at radius 3 is 2.53 bits per heavy atom. The minimum absolute atomic E-state index is 0.328. The van der Waals surface area contributed by atoms with Crippen LogP contribution in [0.3, 0.4) is 0 Å². The van der Waals surface area contributed by atoms with Crippen LogP contribution in [0.2, 0.25) is 0 Å². The summed E-state index contributed by atoms with van der Waals surface area (Å²) >= 11 is 0. The minimum atomic E-state index is -1.08. The molecule has 1 N–H and O–H groups in total. The molecule has 0 atom stereocenters. The highest BCUT2D eigenvalue weighted by Gasteiger charge is 2.34. The number of hydrogen-bond donors (Lipinski definition) is 1. The van der Waals surface area contributed by atoms with Gasteiger partial charge < -0.3 is 14.7 Å². The number of aryl methyl sites for hydroxylation is 1. The fraction of sp³-hybridized carbons (Fsp3) is 0.545. The van der Waals surface area contributed by atoms with Crippen LogP contribution < -0.4 is 9.64 Å². The van der Waals surface area contributed by atoms with Crippen molar-refractivity contribution < 1.29 is 14.6 Å². The van der Waals surface area contributed by atoms with Crippen LogP contribution in [0.5, 0.6) is 5.88 Å². The van der Waals surface area contributed by atoms with Crippen molar-refractivity contribution in [1.29, 1.82) is 0 Å². The number of anilines is 1. The van der Waals surface area contributed by atoms with Gasteiger partial charge in [0.1, 0.15) is 5.54 Å². The van der Waals surface area contributed by atoms with E-state index in [1.54, 1.807) is 33.9 Å². The Labute approximate surface area is 100 Å². The van der Waals surface area contributed by atoms with Gasteiger partial charge in [0.2, 0.25) is 11.8 Å². The molecule has 0 bridgehead atoms. The molecule has 0 spiro atoms. The van der Waals surface area contributed by atoms with Gasteiger partial charge in [-0.15, -0.1) is 0 Å². The fourth-order valence-corrected chi connectivity index (χ4v) is 1.17. The monoisotopic (exact) mass is 239 g/mol. The lowest BCUT2D eigenvalue weighted by molar-refractivity contribution is -0.142. The summed E-state index contributed by atoms with van der Waals surface area (Å²) in [5, 5.41) is 9.14. The summed E-state index contributed by atoms with van der Waals surface area (Å²) in [5.41, 5.74) is -0.362. The van der Waals surface area contributed by atoms with Crippen LogP contribution in [0.25, 0.3) is 0 Å². The van der Waals surface area contributed by atoms with Crippen LogP contribution in [0.4, 0.5) is 5.95 Å². The molecule has 1 heterocycles. The molecule has 0 saturated heterocycles. The van der Waals surface area contributed by atoms with Crippen molar-refractivity contribution >= 4 is 11.9 Å². The Balaban J connectivity index is 3.16. The van der Waals surface area contributed by atoms with E-state index in [2.05, 4.69) is 9.97 Å². The highest BCUT2D eigenvalue weighted by molar-refractivity contribution is 5.81. The molecule has 0 aliphatic rings. The van der Waals surface area contributed by atoms with Crippen molar-refractivity contribution in [3.05, 3.63) is 11.8 Å². The van der Waals surface area contributed by atoms with Crippen molar-refractivity contribution in [2.75, 3.05) is 19.1 Å². The van der Waals surface area contributed by atoms with Crippen LogP contribution in [0, 0.1) is 6.92 Å². The summed E-state index contributed by atoms with van der Waals surface area (Å²) in [7, 11) is 3.15. The van der Waals surface area contributed by atoms with Gasteiger partial charge >= 0.3 is 5.97 Å². The number of nitrogens with zero attached hydrogens (tertiary/aromatic N) is 3. The predicted octanol–water partition coefficient (Wildman–Crippen LogP) is 1.09. The van der Waals surface area contributed by atoms with Crippen molar-refractivity contribution in [2.24, 2.45) is 0 Å². The Morgan fingerprint density at radius 1 is 1.47 bits per heavy atom. The molecule has 0 aliphatic heterocycles. The largest absolute Gasteiger partial charge is 0.481 e. The smallest absolute Gasteiger partial charge is 0.329 e.